The Morgan fingerprint density at radius 3 is 2.65 bits per heavy atom. The van der Waals surface area contributed by atoms with Crippen LogP contribution in [0.2, 0.25) is 0 Å². The smallest absolute Gasteiger partial charge is 0.321 e. The predicted octanol–water partition coefficient (Wildman–Crippen LogP) is 0.733. The number of hydrogen-bond acceptors (Lipinski definition) is 4. The first-order valence-electron chi connectivity index (χ1n) is 5.47. The summed E-state index contributed by atoms with van der Waals surface area (Å²) in [6.45, 7) is -0.00881. The van der Waals surface area contributed by atoms with E-state index >= 15 is 0 Å². The summed E-state index contributed by atoms with van der Waals surface area (Å²) in [6.07, 6.45) is -0.151. The van der Waals surface area contributed by atoms with E-state index in [0.717, 1.165) is 6.07 Å². The third kappa shape index (κ3) is 4.22. The average Bonchev–Trinajstić information content (AvgIpc) is 2.36. The number of carbonyl (C=O) groups is 1. The van der Waals surface area contributed by atoms with Crippen LogP contribution in [0.5, 0.6) is 0 Å². The number of carboxylic acids is 1. The maximum atomic E-state index is 13.4. The van der Waals surface area contributed by atoms with Crippen LogP contribution in [0.25, 0.3) is 0 Å². The Kier molecular flexibility index (Phi) is 5.54. The van der Waals surface area contributed by atoms with Crippen molar-refractivity contribution in [3.8, 4) is 0 Å². The highest BCUT2D eigenvalue weighted by Gasteiger charge is 2.27. The molecule has 0 saturated heterocycles. The Labute approximate surface area is 114 Å². The minimum atomic E-state index is -4.49. The number of halogens is 2. The molecule has 0 spiro atoms. The van der Waals surface area contributed by atoms with Gasteiger partial charge in [0.1, 0.15) is 22.6 Å². The fourth-order valence-electron chi connectivity index (χ4n) is 1.40. The van der Waals surface area contributed by atoms with E-state index in [9.17, 15) is 22.0 Å². The molecular weight excluding hydrogens is 296 g/mol. The molecule has 112 valence electrons. The van der Waals surface area contributed by atoms with Crippen molar-refractivity contribution in [2.24, 2.45) is 0 Å². The number of hydrogen-bond donors (Lipinski definition) is 2. The Hall–Kier alpha value is -1.58. The zero-order valence-corrected chi connectivity index (χ0v) is 11.3. The van der Waals surface area contributed by atoms with E-state index in [1.807, 2.05) is 0 Å². The van der Waals surface area contributed by atoms with Crippen molar-refractivity contribution in [1.29, 1.82) is 0 Å². The number of sulfonamides is 1. The highest BCUT2D eigenvalue weighted by atomic mass is 32.2. The van der Waals surface area contributed by atoms with Gasteiger partial charge in [0.05, 0.1) is 0 Å². The molecule has 20 heavy (non-hydrogen) atoms. The van der Waals surface area contributed by atoms with Gasteiger partial charge in [-0.25, -0.2) is 17.2 Å². The lowest BCUT2D eigenvalue weighted by atomic mass is 10.2. The molecule has 1 aromatic carbocycles. The number of carboxylic acid groups (broad SMARTS) is 1. The molecule has 0 fully saturated rings. The fraction of sp³-hybridized carbons (Fsp3) is 0.364. The first kappa shape index (κ1) is 16.5. The third-order valence-corrected chi connectivity index (χ3v) is 3.88. The third-order valence-electron chi connectivity index (χ3n) is 2.39. The molecule has 0 amide bonds. The summed E-state index contributed by atoms with van der Waals surface area (Å²) in [5.41, 5.74) is 0. The minimum Gasteiger partial charge on any atom is -0.480 e. The van der Waals surface area contributed by atoms with Crippen molar-refractivity contribution in [3.05, 3.63) is 29.8 Å². The maximum absolute atomic E-state index is 13.4. The second-order valence-electron chi connectivity index (χ2n) is 3.87. The molecule has 0 aromatic heterocycles. The zero-order valence-electron chi connectivity index (χ0n) is 10.5. The Morgan fingerprint density at radius 1 is 1.45 bits per heavy atom. The summed E-state index contributed by atoms with van der Waals surface area (Å²) in [6, 6.07) is 0.387. The van der Waals surface area contributed by atoms with Gasteiger partial charge in [-0.15, -0.1) is 0 Å². The summed E-state index contributed by atoms with van der Waals surface area (Å²) >= 11 is 0. The monoisotopic (exact) mass is 309 g/mol. The van der Waals surface area contributed by atoms with Gasteiger partial charge in [0, 0.05) is 13.7 Å². The van der Waals surface area contributed by atoms with Gasteiger partial charge in [-0.2, -0.15) is 4.72 Å². The molecular formula is C11H13F2NO5S. The number of aliphatic carboxylic acids is 1. The topological polar surface area (TPSA) is 92.7 Å². The van der Waals surface area contributed by atoms with Crippen LogP contribution in [0.15, 0.2) is 23.1 Å². The second-order valence-corrected chi connectivity index (χ2v) is 5.55. The number of rotatable bonds is 7. The molecule has 0 heterocycles. The van der Waals surface area contributed by atoms with E-state index in [1.54, 1.807) is 4.72 Å². The summed E-state index contributed by atoms with van der Waals surface area (Å²) in [5, 5.41) is 8.88. The quantitative estimate of drug-likeness (QED) is 0.774. The molecule has 0 bridgehead atoms. The van der Waals surface area contributed by atoms with Crippen molar-refractivity contribution in [3.63, 3.8) is 0 Å². The summed E-state index contributed by atoms with van der Waals surface area (Å²) in [5.74, 6) is -3.56. The highest BCUT2D eigenvalue weighted by molar-refractivity contribution is 7.89. The number of benzene rings is 1. The molecule has 0 aliphatic heterocycles. The van der Waals surface area contributed by atoms with Gasteiger partial charge in [-0.05, 0) is 24.6 Å². The molecule has 1 aromatic rings. The van der Waals surface area contributed by atoms with Crippen molar-refractivity contribution < 1.29 is 31.8 Å². The normalized spacial score (nSPS) is 13.2. The predicted molar refractivity (Wildman–Crippen MR) is 64.6 cm³/mol. The van der Waals surface area contributed by atoms with Crippen LogP contribution in [-0.4, -0.2) is 39.3 Å². The van der Waals surface area contributed by atoms with E-state index in [1.165, 1.54) is 7.11 Å². The van der Waals surface area contributed by atoms with Crippen LogP contribution in [0.4, 0.5) is 8.78 Å². The summed E-state index contributed by atoms with van der Waals surface area (Å²) < 4.78 is 56.6. The highest BCUT2D eigenvalue weighted by Crippen LogP contribution is 2.16. The van der Waals surface area contributed by atoms with Crippen LogP contribution >= 0.6 is 0 Å². The van der Waals surface area contributed by atoms with Gasteiger partial charge in [0.25, 0.3) is 0 Å². The van der Waals surface area contributed by atoms with Gasteiger partial charge in [-0.3, -0.25) is 4.79 Å². The fourth-order valence-corrected chi connectivity index (χ4v) is 2.72. The first-order chi connectivity index (χ1) is 9.27. The Balaban J connectivity index is 3.03. The lowest BCUT2D eigenvalue weighted by Crippen LogP contribution is -2.41. The van der Waals surface area contributed by atoms with Crippen LogP contribution in [0.1, 0.15) is 6.42 Å². The van der Waals surface area contributed by atoms with E-state index in [4.69, 9.17) is 5.11 Å². The molecule has 6 nitrogen and oxygen atoms in total. The van der Waals surface area contributed by atoms with Crippen molar-refractivity contribution in [1.82, 2.24) is 4.72 Å². The zero-order chi connectivity index (χ0) is 15.3. The van der Waals surface area contributed by atoms with Crippen LogP contribution in [0.3, 0.4) is 0 Å². The molecule has 0 aliphatic rings. The lowest BCUT2D eigenvalue weighted by molar-refractivity contribution is -0.139. The molecule has 2 N–H and O–H groups in total. The number of methoxy groups -OCH3 is 1. The average molecular weight is 309 g/mol. The first-order valence-corrected chi connectivity index (χ1v) is 6.95. The van der Waals surface area contributed by atoms with E-state index in [0.29, 0.717) is 12.1 Å². The standard InChI is InChI=1S/C11H13F2NO5S/c1-19-5-4-9(11(15)16)14-20(17,18)10-6-7(12)2-3-8(10)13/h2-3,6,9,14H,4-5H2,1H3,(H,15,16). The summed E-state index contributed by atoms with van der Waals surface area (Å²) in [4.78, 5) is 9.97. The molecule has 9 heteroatoms. The van der Waals surface area contributed by atoms with Gasteiger partial charge in [-0.1, -0.05) is 0 Å². The van der Waals surface area contributed by atoms with Gasteiger partial charge < -0.3 is 9.84 Å². The lowest BCUT2D eigenvalue weighted by Gasteiger charge is -2.14. The van der Waals surface area contributed by atoms with Gasteiger partial charge >= 0.3 is 5.97 Å². The number of ether oxygens (including phenoxy) is 1. The molecule has 0 aliphatic carbocycles. The SMILES string of the molecule is COCCC(NS(=O)(=O)c1cc(F)ccc1F)C(=O)O. The number of nitrogens with one attached hydrogen (secondary N) is 1. The van der Waals surface area contributed by atoms with Gasteiger partial charge in [0.15, 0.2) is 0 Å². The van der Waals surface area contributed by atoms with Crippen molar-refractivity contribution >= 4 is 16.0 Å². The minimum absolute atomic E-state index is 0.00881. The van der Waals surface area contributed by atoms with E-state index in [2.05, 4.69) is 4.74 Å². The van der Waals surface area contributed by atoms with Gasteiger partial charge in [0.2, 0.25) is 10.0 Å². The van der Waals surface area contributed by atoms with Crippen LogP contribution in [0, 0.1) is 11.6 Å². The Morgan fingerprint density at radius 2 is 2.10 bits per heavy atom. The molecule has 1 rings (SSSR count). The Bertz CT molecular complexity index is 590. The van der Waals surface area contributed by atoms with E-state index in [-0.39, 0.29) is 13.0 Å². The maximum Gasteiger partial charge on any atom is 0.321 e. The largest absolute Gasteiger partial charge is 0.480 e. The van der Waals surface area contributed by atoms with Crippen LogP contribution in [-0.2, 0) is 19.6 Å². The van der Waals surface area contributed by atoms with Crippen molar-refractivity contribution in [2.75, 3.05) is 13.7 Å². The molecule has 0 saturated carbocycles. The second kappa shape index (κ2) is 6.73. The molecule has 0 radical (unpaired) electrons. The van der Waals surface area contributed by atoms with Crippen molar-refractivity contribution in [2.45, 2.75) is 17.4 Å². The molecule has 1 unspecified atom stereocenters. The summed E-state index contributed by atoms with van der Waals surface area (Å²) in [7, 11) is -3.17. The molecule has 1 atom stereocenters. The van der Waals surface area contributed by atoms with Crippen LogP contribution < -0.4 is 4.72 Å². The van der Waals surface area contributed by atoms with E-state index < -0.39 is 38.6 Å².